The van der Waals surface area contributed by atoms with E-state index in [0.29, 0.717) is 6.42 Å². The monoisotopic (exact) mass is 615 g/mol. The fourth-order valence-electron chi connectivity index (χ4n) is 4.78. The third-order valence-electron chi connectivity index (χ3n) is 6.90. The van der Waals surface area contributed by atoms with Crippen LogP contribution < -0.4 is 21.3 Å². The number of nitrogens with zero attached hydrogens (tertiary/aromatic N) is 2. The highest BCUT2D eigenvalue weighted by atomic mass is 35.5. The number of ether oxygens (including phenoxy) is 1. The maximum atomic E-state index is 13.9. The fraction of sp³-hybridized carbons (Fsp3) is 0.258. The van der Waals surface area contributed by atoms with Gasteiger partial charge in [-0.15, -0.1) is 0 Å². The molecule has 1 aromatic heterocycles. The maximum absolute atomic E-state index is 13.9. The van der Waals surface area contributed by atoms with Crippen LogP contribution in [-0.2, 0) is 24.1 Å². The van der Waals surface area contributed by atoms with Gasteiger partial charge in [-0.2, -0.15) is 13.2 Å². The maximum Gasteiger partial charge on any atom is 0.416 e. The van der Waals surface area contributed by atoms with Crippen LogP contribution in [0.5, 0.6) is 5.75 Å². The van der Waals surface area contributed by atoms with Crippen molar-refractivity contribution in [3.05, 3.63) is 122 Å². The van der Waals surface area contributed by atoms with E-state index in [4.69, 9.17) is 21.4 Å². The largest absolute Gasteiger partial charge is 0.495 e. The number of carboxylic acid groups (broad SMARTS) is 1. The van der Waals surface area contributed by atoms with Gasteiger partial charge in [0.1, 0.15) is 5.75 Å². The van der Waals surface area contributed by atoms with E-state index in [2.05, 4.69) is 5.32 Å². The highest BCUT2D eigenvalue weighted by Crippen LogP contribution is 2.34. The lowest BCUT2D eigenvalue weighted by molar-refractivity contribution is -0.138. The Labute approximate surface area is 249 Å². The molecule has 0 radical (unpaired) electrons. The zero-order valence-corrected chi connectivity index (χ0v) is 23.9. The molecule has 0 saturated heterocycles. The summed E-state index contributed by atoms with van der Waals surface area (Å²) in [6.45, 7) is -0.383. The number of hydrogen-bond acceptors (Lipinski definition) is 5. The molecule has 0 fully saturated rings. The first kappa shape index (κ1) is 31.6. The lowest BCUT2D eigenvalue weighted by Gasteiger charge is -2.22. The van der Waals surface area contributed by atoms with Crippen molar-refractivity contribution in [3.8, 4) is 16.9 Å². The number of rotatable bonds is 12. The van der Waals surface area contributed by atoms with Gasteiger partial charge in [0.25, 0.3) is 5.56 Å². The SMILES string of the molecule is COc1cccc(-c2cn(Cc3ccccc3C(F)(F)F)c(=O)n(C[C@H](NCCCC(=O)O)c3ccccc3)c2=O)c1Cl. The van der Waals surface area contributed by atoms with Gasteiger partial charge >= 0.3 is 17.8 Å². The van der Waals surface area contributed by atoms with E-state index in [1.165, 1.54) is 31.5 Å². The minimum atomic E-state index is -4.66. The number of benzene rings is 3. The summed E-state index contributed by atoms with van der Waals surface area (Å²) < 4.78 is 48.8. The number of methoxy groups -OCH3 is 1. The topological polar surface area (TPSA) is 103 Å². The van der Waals surface area contributed by atoms with Crippen molar-refractivity contribution in [1.29, 1.82) is 0 Å². The van der Waals surface area contributed by atoms with E-state index in [9.17, 15) is 27.6 Å². The van der Waals surface area contributed by atoms with Gasteiger partial charge in [-0.3, -0.25) is 18.7 Å². The molecule has 0 aliphatic rings. The van der Waals surface area contributed by atoms with Gasteiger partial charge in [-0.1, -0.05) is 72.3 Å². The van der Waals surface area contributed by atoms with Crippen molar-refractivity contribution in [2.24, 2.45) is 0 Å². The number of alkyl halides is 3. The summed E-state index contributed by atoms with van der Waals surface area (Å²) in [5, 5.41) is 12.3. The van der Waals surface area contributed by atoms with Crippen LogP contribution >= 0.6 is 11.6 Å². The number of hydrogen-bond donors (Lipinski definition) is 2. The van der Waals surface area contributed by atoms with E-state index in [1.54, 1.807) is 48.5 Å². The van der Waals surface area contributed by atoms with Gasteiger partial charge in [0, 0.05) is 18.2 Å². The molecule has 4 aromatic rings. The molecule has 0 aliphatic carbocycles. The Kier molecular flexibility index (Phi) is 10.1. The molecule has 0 saturated carbocycles. The molecule has 1 heterocycles. The second-order valence-electron chi connectivity index (χ2n) is 9.76. The Bertz CT molecular complexity index is 1700. The van der Waals surface area contributed by atoms with Crippen LogP contribution in [0.1, 0.15) is 35.6 Å². The predicted octanol–water partition coefficient (Wildman–Crippen LogP) is 5.60. The predicted molar refractivity (Wildman–Crippen MR) is 157 cm³/mol. The minimum Gasteiger partial charge on any atom is -0.495 e. The summed E-state index contributed by atoms with van der Waals surface area (Å²) in [5.41, 5.74) is -1.62. The summed E-state index contributed by atoms with van der Waals surface area (Å²) in [7, 11) is 1.40. The second-order valence-corrected chi connectivity index (χ2v) is 10.1. The fourth-order valence-corrected chi connectivity index (χ4v) is 5.08. The minimum absolute atomic E-state index is 0.00863. The third kappa shape index (κ3) is 7.54. The molecule has 0 unspecified atom stereocenters. The zero-order chi connectivity index (χ0) is 31.1. The number of aliphatic carboxylic acids is 1. The average molecular weight is 616 g/mol. The van der Waals surface area contributed by atoms with Crippen molar-refractivity contribution in [1.82, 2.24) is 14.5 Å². The van der Waals surface area contributed by atoms with Gasteiger partial charge in [0.05, 0.1) is 42.4 Å². The van der Waals surface area contributed by atoms with Crippen molar-refractivity contribution in [2.75, 3.05) is 13.7 Å². The third-order valence-corrected chi connectivity index (χ3v) is 7.29. The summed E-state index contributed by atoms with van der Waals surface area (Å²) >= 11 is 6.55. The Morgan fingerprint density at radius 2 is 1.70 bits per heavy atom. The number of carboxylic acids is 1. The van der Waals surface area contributed by atoms with Crippen molar-refractivity contribution >= 4 is 17.6 Å². The van der Waals surface area contributed by atoms with Crippen LogP contribution in [0.2, 0.25) is 5.02 Å². The molecule has 0 spiro atoms. The highest BCUT2D eigenvalue weighted by molar-refractivity contribution is 6.34. The molecule has 43 heavy (non-hydrogen) atoms. The second kappa shape index (κ2) is 13.7. The average Bonchev–Trinajstić information content (AvgIpc) is 2.98. The molecule has 2 N–H and O–H groups in total. The first-order chi connectivity index (χ1) is 20.5. The first-order valence-electron chi connectivity index (χ1n) is 13.3. The van der Waals surface area contributed by atoms with Crippen LogP contribution in [-0.4, -0.2) is 33.9 Å². The van der Waals surface area contributed by atoms with Crippen molar-refractivity contribution in [2.45, 2.75) is 38.1 Å². The van der Waals surface area contributed by atoms with Crippen LogP contribution in [0, 0.1) is 0 Å². The molecule has 12 heteroatoms. The molecule has 3 aromatic carbocycles. The zero-order valence-electron chi connectivity index (χ0n) is 23.1. The Morgan fingerprint density at radius 1 is 1.00 bits per heavy atom. The smallest absolute Gasteiger partial charge is 0.416 e. The molecule has 0 amide bonds. The van der Waals surface area contributed by atoms with Crippen LogP contribution in [0.25, 0.3) is 11.1 Å². The quantitative estimate of drug-likeness (QED) is 0.201. The summed E-state index contributed by atoms with van der Waals surface area (Å²) in [4.78, 5) is 38.7. The Hall–Kier alpha value is -4.35. The number of aromatic nitrogens is 2. The first-order valence-corrected chi connectivity index (χ1v) is 13.7. The Morgan fingerprint density at radius 3 is 2.37 bits per heavy atom. The van der Waals surface area contributed by atoms with E-state index >= 15 is 0 Å². The molecule has 1 atom stereocenters. The molecular weight excluding hydrogens is 587 g/mol. The van der Waals surface area contributed by atoms with Gasteiger partial charge < -0.3 is 15.2 Å². The van der Waals surface area contributed by atoms with Gasteiger partial charge in [0.15, 0.2) is 0 Å². The molecule has 0 aliphatic heterocycles. The Balaban J connectivity index is 1.87. The lowest BCUT2D eigenvalue weighted by atomic mass is 10.1. The lowest BCUT2D eigenvalue weighted by Crippen LogP contribution is -2.43. The number of nitrogens with one attached hydrogen (secondary N) is 1. The van der Waals surface area contributed by atoms with Crippen LogP contribution in [0.15, 0.2) is 88.6 Å². The van der Waals surface area contributed by atoms with Crippen molar-refractivity contribution < 1.29 is 27.8 Å². The molecule has 226 valence electrons. The van der Waals surface area contributed by atoms with E-state index in [0.717, 1.165) is 20.8 Å². The normalized spacial score (nSPS) is 12.2. The van der Waals surface area contributed by atoms with Crippen molar-refractivity contribution in [3.63, 3.8) is 0 Å². The summed E-state index contributed by atoms with van der Waals surface area (Å²) in [6.07, 6.45) is -3.23. The molecule has 4 rings (SSSR count). The number of carbonyl (C=O) groups is 1. The molecule has 8 nitrogen and oxygen atoms in total. The van der Waals surface area contributed by atoms with Crippen LogP contribution in [0.4, 0.5) is 13.2 Å². The van der Waals surface area contributed by atoms with E-state index < -0.39 is 41.5 Å². The highest BCUT2D eigenvalue weighted by Gasteiger charge is 2.33. The molecular formula is C31H29ClF3N3O5. The van der Waals surface area contributed by atoms with Crippen LogP contribution in [0.3, 0.4) is 0 Å². The summed E-state index contributed by atoms with van der Waals surface area (Å²) in [5.74, 6) is -0.688. The molecule has 0 bridgehead atoms. The van der Waals surface area contributed by atoms with Gasteiger partial charge in [-0.25, -0.2) is 4.79 Å². The van der Waals surface area contributed by atoms with E-state index in [-0.39, 0.29) is 47.0 Å². The van der Waals surface area contributed by atoms with Gasteiger partial charge in [-0.05, 0) is 36.2 Å². The van der Waals surface area contributed by atoms with Gasteiger partial charge in [0.2, 0.25) is 0 Å². The van der Waals surface area contributed by atoms with E-state index in [1.807, 2.05) is 0 Å². The number of halogens is 4. The summed E-state index contributed by atoms with van der Waals surface area (Å²) in [6, 6.07) is 18.0. The standard InChI is InChI=1S/C31H29ClF3N3O5/c1-43-26-14-7-12-22(28(26)32)23-18-37(17-21-11-5-6-13-24(21)31(33,34)35)30(42)38(29(23)41)19-25(20-9-3-2-4-10-20)36-16-8-15-27(39)40/h2-7,9-14,18,25,36H,8,15-17,19H2,1H3,(H,39,40)/t25-/m0/s1.